The van der Waals surface area contributed by atoms with Crippen molar-refractivity contribution in [3.63, 3.8) is 0 Å². The number of anilines is 1. The third-order valence-electron chi connectivity index (χ3n) is 5.40. The molecule has 0 atom stereocenters. The number of nitrogens with zero attached hydrogens (tertiary/aromatic N) is 3. The fourth-order valence-electron chi connectivity index (χ4n) is 3.61. The molecule has 188 valence electrons. The number of carboxylic acid groups (broad SMARTS) is 1. The maximum absolute atomic E-state index is 12.5. The minimum absolute atomic E-state index is 0.0750. The van der Waals surface area contributed by atoms with Crippen molar-refractivity contribution in [3.8, 4) is 0 Å². The Bertz CT molecular complexity index is 1220. The molecule has 1 fully saturated rings. The molecule has 1 aromatic carbocycles. The summed E-state index contributed by atoms with van der Waals surface area (Å²) in [6.45, 7) is 2.74. The number of piperidine rings is 1. The Kier molecular flexibility index (Phi) is 8.46. The molecule has 0 radical (unpaired) electrons. The molecule has 3 aromatic rings. The number of aliphatic carboxylic acids is 1. The molecule has 0 bridgehead atoms. The lowest BCUT2D eigenvalue weighted by atomic mass is 10.1. The molecule has 0 aliphatic carbocycles. The van der Waals surface area contributed by atoms with Gasteiger partial charge < -0.3 is 20.3 Å². The summed E-state index contributed by atoms with van der Waals surface area (Å²) in [6, 6.07) is 7.15. The van der Waals surface area contributed by atoms with Gasteiger partial charge in [0.25, 0.3) is 5.56 Å². The number of aromatic nitrogens is 2. The predicted molar refractivity (Wildman–Crippen MR) is 125 cm³/mol. The Morgan fingerprint density at radius 3 is 2.49 bits per heavy atom. The van der Waals surface area contributed by atoms with Crippen molar-refractivity contribution >= 4 is 39.8 Å². The van der Waals surface area contributed by atoms with Crippen LogP contribution in [0.25, 0.3) is 10.8 Å². The second kappa shape index (κ2) is 11.3. The van der Waals surface area contributed by atoms with Crippen molar-refractivity contribution in [3.05, 3.63) is 57.4 Å². The van der Waals surface area contributed by atoms with Crippen LogP contribution in [0.4, 0.5) is 23.7 Å². The van der Waals surface area contributed by atoms with E-state index in [-0.39, 0.29) is 17.6 Å². The van der Waals surface area contributed by atoms with Crippen LogP contribution >= 0.6 is 11.3 Å². The number of pyridine rings is 1. The zero-order valence-corrected chi connectivity index (χ0v) is 19.5. The summed E-state index contributed by atoms with van der Waals surface area (Å²) < 4.78 is 33.3. The molecule has 0 saturated carbocycles. The molecule has 1 saturated heterocycles. The van der Waals surface area contributed by atoms with Gasteiger partial charge in [0.2, 0.25) is 0 Å². The molecular weight excluding hydrogens is 487 g/mol. The predicted octanol–water partition coefficient (Wildman–Crippen LogP) is 3.41. The second-order valence-electron chi connectivity index (χ2n) is 7.93. The van der Waals surface area contributed by atoms with Gasteiger partial charge in [-0.3, -0.25) is 9.69 Å². The first-order chi connectivity index (χ1) is 16.5. The molecular formula is C22H24F3N5O4S. The molecule has 2 amide bonds. The number of benzene rings is 1. The minimum Gasteiger partial charge on any atom is -0.475 e. The van der Waals surface area contributed by atoms with Crippen LogP contribution in [0.2, 0.25) is 0 Å². The molecule has 9 nitrogen and oxygen atoms in total. The molecule has 2 aromatic heterocycles. The first kappa shape index (κ1) is 26.2. The maximum atomic E-state index is 12.5. The van der Waals surface area contributed by atoms with E-state index in [1.807, 2.05) is 17.6 Å². The normalized spacial score (nSPS) is 14.7. The quantitative estimate of drug-likeness (QED) is 0.494. The van der Waals surface area contributed by atoms with Crippen LogP contribution in [0.5, 0.6) is 0 Å². The summed E-state index contributed by atoms with van der Waals surface area (Å²) in [6.07, 6.45) is -1.55. The van der Waals surface area contributed by atoms with Gasteiger partial charge >= 0.3 is 18.2 Å². The Morgan fingerprint density at radius 2 is 1.89 bits per heavy atom. The Morgan fingerprint density at radius 1 is 1.20 bits per heavy atom. The summed E-state index contributed by atoms with van der Waals surface area (Å²) in [5, 5.41) is 16.5. The van der Waals surface area contributed by atoms with Crippen LogP contribution in [0, 0.1) is 0 Å². The van der Waals surface area contributed by atoms with Crippen molar-refractivity contribution in [1.29, 1.82) is 0 Å². The number of carbonyl (C=O) groups is 2. The zero-order chi connectivity index (χ0) is 25.6. The van der Waals surface area contributed by atoms with Gasteiger partial charge in [-0.05, 0) is 31.0 Å². The van der Waals surface area contributed by atoms with E-state index in [9.17, 15) is 22.8 Å². The highest BCUT2D eigenvalue weighted by Gasteiger charge is 2.38. The highest BCUT2D eigenvalue weighted by molar-refractivity contribution is 7.07. The van der Waals surface area contributed by atoms with E-state index in [0.717, 1.165) is 43.6 Å². The number of hydrogen-bond acceptors (Lipinski definition) is 6. The van der Waals surface area contributed by atoms with Gasteiger partial charge in [0.1, 0.15) is 0 Å². The molecule has 4 rings (SSSR count). The lowest BCUT2D eigenvalue weighted by Gasteiger charge is -2.31. The number of thiazole rings is 1. The number of amides is 2. The van der Waals surface area contributed by atoms with Gasteiger partial charge in [-0.2, -0.15) is 13.2 Å². The molecule has 1 aliphatic rings. The number of halogens is 3. The van der Waals surface area contributed by atoms with Crippen LogP contribution in [0.1, 0.15) is 18.5 Å². The van der Waals surface area contributed by atoms with E-state index in [2.05, 4.69) is 25.9 Å². The average Bonchev–Trinajstić information content (AvgIpc) is 3.31. The molecule has 3 N–H and O–H groups in total. The van der Waals surface area contributed by atoms with E-state index >= 15 is 0 Å². The van der Waals surface area contributed by atoms with Crippen molar-refractivity contribution < 1.29 is 27.9 Å². The lowest BCUT2D eigenvalue weighted by molar-refractivity contribution is -0.192. The van der Waals surface area contributed by atoms with E-state index in [1.54, 1.807) is 36.7 Å². The number of carboxylic acids is 1. The summed E-state index contributed by atoms with van der Waals surface area (Å²) >= 11 is 1.62. The minimum atomic E-state index is -5.08. The smallest absolute Gasteiger partial charge is 0.475 e. The lowest BCUT2D eigenvalue weighted by Crippen LogP contribution is -2.45. The average molecular weight is 512 g/mol. The van der Waals surface area contributed by atoms with E-state index in [4.69, 9.17) is 9.90 Å². The molecule has 35 heavy (non-hydrogen) atoms. The van der Waals surface area contributed by atoms with Crippen LogP contribution in [-0.4, -0.2) is 56.9 Å². The molecule has 0 unspecified atom stereocenters. The first-order valence-electron chi connectivity index (χ1n) is 10.6. The number of aryl methyl sites for hydroxylation is 1. The van der Waals surface area contributed by atoms with Crippen LogP contribution in [-0.2, 0) is 18.4 Å². The monoisotopic (exact) mass is 511 g/mol. The number of fused-ring (bicyclic) bond motifs is 1. The summed E-state index contributed by atoms with van der Waals surface area (Å²) in [5.41, 5.74) is 3.54. The molecule has 13 heteroatoms. The van der Waals surface area contributed by atoms with Crippen LogP contribution in [0.15, 0.2) is 46.1 Å². The van der Waals surface area contributed by atoms with Crippen molar-refractivity contribution in [2.75, 3.05) is 18.4 Å². The van der Waals surface area contributed by atoms with Gasteiger partial charge in [0, 0.05) is 55.1 Å². The summed E-state index contributed by atoms with van der Waals surface area (Å²) in [5.74, 6) is -2.76. The highest BCUT2D eigenvalue weighted by Crippen LogP contribution is 2.21. The number of nitrogens with one attached hydrogen (secondary N) is 2. The molecule has 0 spiro atoms. The number of rotatable bonds is 4. The fourth-order valence-corrected chi connectivity index (χ4v) is 4.16. The maximum Gasteiger partial charge on any atom is 0.490 e. The van der Waals surface area contributed by atoms with Crippen molar-refractivity contribution in [2.45, 2.75) is 31.6 Å². The summed E-state index contributed by atoms with van der Waals surface area (Å²) in [4.78, 5) is 40.3. The van der Waals surface area contributed by atoms with E-state index in [1.165, 1.54) is 4.57 Å². The number of urea groups is 1. The number of carbonyl (C=O) groups excluding carboxylic acids is 1. The van der Waals surface area contributed by atoms with Crippen LogP contribution < -0.4 is 16.2 Å². The Balaban J connectivity index is 0.000000429. The van der Waals surface area contributed by atoms with Gasteiger partial charge in [0.15, 0.2) is 0 Å². The zero-order valence-electron chi connectivity index (χ0n) is 18.7. The number of hydrogen-bond donors (Lipinski definition) is 3. The van der Waals surface area contributed by atoms with Gasteiger partial charge in [-0.15, -0.1) is 11.3 Å². The SMILES string of the molecule is Cn1ccc2c(NC(=O)NC3CCN(Cc4cscn4)CC3)cccc2c1=O.O=C(O)C(F)(F)F. The standard InChI is InChI=1S/C20H23N5O2S.C2HF3O2/c1-24-8-7-16-17(19(24)26)3-2-4-18(16)23-20(27)22-14-5-9-25(10-6-14)11-15-12-28-13-21-15;3-2(4,5)1(6)7/h2-4,7-8,12-14H,5-6,9-11H2,1H3,(H2,22,23,27);(H,6,7). The number of likely N-dealkylation sites (tertiary alicyclic amines) is 1. The first-order valence-corrected chi connectivity index (χ1v) is 11.5. The molecule has 3 heterocycles. The van der Waals surface area contributed by atoms with Crippen molar-refractivity contribution in [1.82, 2.24) is 19.8 Å². The number of alkyl halides is 3. The van der Waals surface area contributed by atoms with Crippen LogP contribution in [0.3, 0.4) is 0 Å². The van der Waals surface area contributed by atoms with Gasteiger partial charge in [-0.25, -0.2) is 14.6 Å². The molecule has 1 aliphatic heterocycles. The third kappa shape index (κ3) is 7.26. The Labute approximate surface area is 202 Å². The van der Waals surface area contributed by atoms with E-state index < -0.39 is 12.1 Å². The highest BCUT2D eigenvalue weighted by atomic mass is 32.1. The third-order valence-corrected chi connectivity index (χ3v) is 6.04. The van der Waals surface area contributed by atoms with Gasteiger partial charge in [-0.1, -0.05) is 6.07 Å². The van der Waals surface area contributed by atoms with Crippen molar-refractivity contribution in [2.24, 2.45) is 7.05 Å². The topological polar surface area (TPSA) is 117 Å². The summed E-state index contributed by atoms with van der Waals surface area (Å²) in [7, 11) is 1.72. The van der Waals surface area contributed by atoms with E-state index in [0.29, 0.717) is 11.1 Å². The fraction of sp³-hybridized carbons (Fsp3) is 0.364. The second-order valence-corrected chi connectivity index (χ2v) is 8.65. The Hall–Kier alpha value is -3.45. The van der Waals surface area contributed by atoms with Gasteiger partial charge in [0.05, 0.1) is 16.9 Å². The largest absolute Gasteiger partial charge is 0.490 e.